The smallest absolute Gasteiger partial charge is 0.244 e. The summed E-state index contributed by atoms with van der Waals surface area (Å²) in [7, 11) is 0. The van der Waals surface area contributed by atoms with Crippen LogP contribution in [0, 0.1) is 11.2 Å². The van der Waals surface area contributed by atoms with Crippen LogP contribution in [0.1, 0.15) is 12.5 Å². The van der Waals surface area contributed by atoms with Crippen LogP contribution in [0.2, 0.25) is 5.02 Å². The molecule has 1 aliphatic heterocycles. The van der Waals surface area contributed by atoms with Gasteiger partial charge >= 0.3 is 0 Å². The van der Waals surface area contributed by atoms with E-state index in [0.29, 0.717) is 19.8 Å². The Morgan fingerprint density at radius 1 is 1.58 bits per heavy atom. The standard InChI is InChI=1S/C14H15ClFNO2/c1-14(8-19-9-14)7-17-13(18)6-5-10-11(15)3-2-4-12(10)16/h2-6H,7-9H2,1H3,(H,17,18). The molecule has 0 spiro atoms. The predicted molar refractivity (Wildman–Crippen MR) is 72.4 cm³/mol. The number of hydrogen-bond donors (Lipinski definition) is 1. The molecule has 102 valence electrons. The van der Waals surface area contributed by atoms with Crippen LogP contribution in [0.25, 0.3) is 6.08 Å². The number of ether oxygens (including phenoxy) is 1. The zero-order chi connectivity index (χ0) is 13.9. The summed E-state index contributed by atoms with van der Waals surface area (Å²) in [5, 5.41) is 3.04. The largest absolute Gasteiger partial charge is 0.380 e. The molecular formula is C14H15ClFNO2. The Morgan fingerprint density at radius 2 is 2.32 bits per heavy atom. The van der Waals surface area contributed by atoms with Crippen molar-refractivity contribution in [3.05, 3.63) is 40.7 Å². The van der Waals surface area contributed by atoms with E-state index >= 15 is 0 Å². The zero-order valence-corrected chi connectivity index (χ0v) is 11.3. The molecule has 1 aliphatic rings. The maximum absolute atomic E-state index is 13.5. The molecule has 3 nitrogen and oxygen atoms in total. The highest BCUT2D eigenvalue weighted by atomic mass is 35.5. The van der Waals surface area contributed by atoms with Crippen molar-refractivity contribution in [2.24, 2.45) is 5.41 Å². The molecular weight excluding hydrogens is 269 g/mol. The van der Waals surface area contributed by atoms with E-state index in [1.54, 1.807) is 6.07 Å². The molecule has 0 radical (unpaired) electrons. The fourth-order valence-corrected chi connectivity index (χ4v) is 1.97. The van der Waals surface area contributed by atoms with Gasteiger partial charge in [-0.1, -0.05) is 24.6 Å². The minimum Gasteiger partial charge on any atom is -0.380 e. The van der Waals surface area contributed by atoms with Gasteiger partial charge in [0.2, 0.25) is 5.91 Å². The molecule has 1 amide bonds. The predicted octanol–water partition coefficient (Wildman–Crippen LogP) is 2.65. The lowest BCUT2D eigenvalue weighted by molar-refractivity contribution is -0.122. The number of carbonyl (C=O) groups excluding carboxylic acids is 1. The van der Waals surface area contributed by atoms with Crippen molar-refractivity contribution >= 4 is 23.6 Å². The quantitative estimate of drug-likeness (QED) is 0.863. The van der Waals surface area contributed by atoms with Gasteiger partial charge in [0.15, 0.2) is 0 Å². The fourth-order valence-electron chi connectivity index (χ4n) is 1.74. The highest BCUT2D eigenvalue weighted by molar-refractivity contribution is 6.32. The summed E-state index contributed by atoms with van der Waals surface area (Å²) >= 11 is 5.85. The second-order valence-corrected chi connectivity index (χ2v) is 5.40. The van der Waals surface area contributed by atoms with E-state index in [2.05, 4.69) is 5.32 Å². The summed E-state index contributed by atoms with van der Waals surface area (Å²) in [6.45, 7) is 3.88. The molecule has 0 aromatic heterocycles. The highest BCUT2D eigenvalue weighted by Gasteiger charge is 2.33. The Balaban J connectivity index is 1.93. The van der Waals surface area contributed by atoms with E-state index in [4.69, 9.17) is 16.3 Å². The first-order valence-corrected chi connectivity index (χ1v) is 6.36. The van der Waals surface area contributed by atoms with Gasteiger partial charge in [0.05, 0.1) is 18.2 Å². The average Bonchev–Trinajstić information content (AvgIpc) is 2.33. The summed E-state index contributed by atoms with van der Waals surface area (Å²) < 4.78 is 18.6. The van der Waals surface area contributed by atoms with Crippen LogP contribution < -0.4 is 5.32 Å². The van der Waals surface area contributed by atoms with Crippen LogP contribution >= 0.6 is 11.6 Å². The van der Waals surface area contributed by atoms with E-state index in [1.807, 2.05) is 6.92 Å². The third-order valence-electron chi connectivity index (χ3n) is 2.99. The summed E-state index contributed by atoms with van der Waals surface area (Å²) in [5.41, 5.74) is 0.233. The number of amides is 1. The number of carbonyl (C=O) groups is 1. The molecule has 2 rings (SSSR count). The van der Waals surface area contributed by atoms with E-state index in [1.165, 1.54) is 24.3 Å². The Hall–Kier alpha value is -1.39. The van der Waals surface area contributed by atoms with Gasteiger partial charge in [0.25, 0.3) is 0 Å². The summed E-state index contributed by atoms with van der Waals surface area (Å²) in [5.74, 6) is -0.719. The lowest BCUT2D eigenvalue weighted by Gasteiger charge is -2.37. The van der Waals surface area contributed by atoms with Crippen molar-refractivity contribution in [2.45, 2.75) is 6.92 Å². The van der Waals surface area contributed by atoms with Crippen molar-refractivity contribution < 1.29 is 13.9 Å². The van der Waals surface area contributed by atoms with Crippen LogP contribution in [0.3, 0.4) is 0 Å². The van der Waals surface area contributed by atoms with Crippen molar-refractivity contribution in [2.75, 3.05) is 19.8 Å². The van der Waals surface area contributed by atoms with Gasteiger partial charge in [-0.25, -0.2) is 4.39 Å². The first kappa shape index (κ1) is 14.0. The molecule has 1 heterocycles. The van der Waals surface area contributed by atoms with Gasteiger partial charge < -0.3 is 10.1 Å². The molecule has 1 fully saturated rings. The maximum Gasteiger partial charge on any atom is 0.244 e. The van der Waals surface area contributed by atoms with E-state index < -0.39 is 5.82 Å². The molecule has 1 aromatic rings. The monoisotopic (exact) mass is 283 g/mol. The summed E-state index contributed by atoms with van der Waals surface area (Å²) in [6, 6.07) is 4.40. The third kappa shape index (κ3) is 3.55. The van der Waals surface area contributed by atoms with Crippen LogP contribution in [0.5, 0.6) is 0 Å². The summed E-state index contributed by atoms with van der Waals surface area (Å²) in [4.78, 5) is 11.6. The average molecular weight is 284 g/mol. The first-order valence-electron chi connectivity index (χ1n) is 5.98. The highest BCUT2D eigenvalue weighted by Crippen LogP contribution is 2.25. The fraction of sp³-hybridized carbons (Fsp3) is 0.357. The van der Waals surface area contributed by atoms with Gasteiger partial charge in [-0.2, -0.15) is 0 Å². The lowest BCUT2D eigenvalue weighted by atomic mass is 9.89. The summed E-state index contributed by atoms with van der Waals surface area (Å²) in [6.07, 6.45) is 2.67. The van der Waals surface area contributed by atoms with Crippen molar-refractivity contribution in [1.29, 1.82) is 0 Å². The van der Waals surface area contributed by atoms with Gasteiger partial charge in [0, 0.05) is 23.6 Å². The molecule has 0 saturated carbocycles. The number of rotatable bonds is 4. The molecule has 5 heteroatoms. The molecule has 0 bridgehead atoms. The molecule has 1 N–H and O–H groups in total. The van der Waals surface area contributed by atoms with Gasteiger partial charge in [-0.05, 0) is 18.2 Å². The van der Waals surface area contributed by atoms with Crippen LogP contribution in [0.15, 0.2) is 24.3 Å². The normalized spacial score (nSPS) is 17.2. The van der Waals surface area contributed by atoms with Crippen LogP contribution in [-0.2, 0) is 9.53 Å². The zero-order valence-electron chi connectivity index (χ0n) is 10.6. The lowest BCUT2D eigenvalue weighted by Crippen LogP contribution is -2.48. The Kier molecular flexibility index (Phi) is 4.22. The second kappa shape index (κ2) is 5.72. The van der Waals surface area contributed by atoms with Crippen LogP contribution in [0.4, 0.5) is 4.39 Å². The minimum absolute atomic E-state index is 0.0130. The molecule has 0 unspecified atom stereocenters. The molecule has 0 atom stereocenters. The minimum atomic E-state index is -0.448. The molecule has 1 aromatic carbocycles. The van der Waals surface area contributed by atoms with E-state index in [0.717, 1.165) is 0 Å². The Bertz CT molecular complexity index is 492. The second-order valence-electron chi connectivity index (χ2n) is 4.99. The number of benzene rings is 1. The van der Waals surface area contributed by atoms with E-state index in [9.17, 15) is 9.18 Å². The van der Waals surface area contributed by atoms with Crippen molar-refractivity contribution in [3.63, 3.8) is 0 Å². The topological polar surface area (TPSA) is 38.3 Å². The Morgan fingerprint density at radius 3 is 2.89 bits per heavy atom. The molecule has 19 heavy (non-hydrogen) atoms. The number of hydrogen-bond acceptors (Lipinski definition) is 2. The molecule has 1 saturated heterocycles. The van der Waals surface area contributed by atoms with Crippen molar-refractivity contribution in [3.8, 4) is 0 Å². The number of halogens is 2. The SMILES string of the molecule is CC1(CNC(=O)C=Cc2c(F)cccc2Cl)COC1. The number of nitrogens with one attached hydrogen (secondary N) is 1. The molecule has 0 aliphatic carbocycles. The van der Waals surface area contributed by atoms with E-state index in [-0.39, 0.29) is 21.9 Å². The maximum atomic E-state index is 13.5. The first-order chi connectivity index (χ1) is 9.00. The van der Waals surface area contributed by atoms with Gasteiger partial charge in [0.1, 0.15) is 5.82 Å². The third-order valence-corrected chi connectivity index (χ3v) is 3.32. The van der Waals surface area contributed by atoms with Crippen molar-refractivity contribution in [1.82, 2.24) is 5.32 Å². The Labute approximate surface area is 116 Å². The van der Waals surface area contributed by atoms with Gasteiger partial charge in [-0.3, -0.25) is 4.79 Å². The van der Waals surface area contributed by atoms with Gasteiger partial charge in [-0.15, -0.1) is 0 Å². The van der Waals surface area contributed by atoms with Crippen LogP contribution in [-0.4, -0.2) is 25.7 Å².